The van der Waals surface area contributed by atoms with Crippen LogP contribution in [0.4, 0.5) is 0 Å². The molecule has 9 nitrogen and oxygen atoms in total. The first-order valence-corrected chi connectivity index (χ1v) is 16.8. The quantitative estimate of drug-likeness (QED) is 0.335. The highest BCUT2D eigenvalue weighted by Gasteiger charge is 2.64. The molecule has 0 N–H and O–H groups in total. The summed E-state index contributed by atoms with van der Waals surface area (Å²) >= 11 is 0. The number of ether oxygens (including phenoxy) is 2. The van der Waals surface area contributed by atoms with Crippen molar-refractivity contribution in [1.29, 1.82) is 0 Å². The number of hydrogen-bond acceptors (Lipinski definition) is 6. The SMILES string of the molecule is COC(=O)[C@@]1(Cc2ccccc2)[C@H]2c3cc(C(=O)N4CCCC4)n(CCCN4CCOCC4)c3C[C@H]2CN1C(=O)c1ccccc1. The molecular weight excluding hydrogens is 580 g/mol. The molecule has 0 unspecified atom stereocenters. The Balaban J connectivity index is 1.31. The number of rotatable bonds is 9. The van der Waals surface area contributed by atoms with Gasteiger partial charge in [0, 0.05) is 69.4 Å². The van der Waals surface area contributed by atoms with Crippen molar-refractivity contribution < 1.29 is 23.9 Å². The molecule has 3 atom stereocenters. The lowest BCUT2D eigenvalue weighted by molar-refractivity contribution is -0.153. The highest BCUT2D eigenvalue weighted by Crippen LogP contribution is 2.55. The molecule has 1 aliphatic carbocycles. The fraction of sp³-hybridized carbons (Fsp3) is 0.486. The van der Waals surface area contributed by atoms with E-state index in [1.165, 1.54) is 7.11 Å². The zero-order valence-corrected chi connectivity index (χ0v) is 26.7. The Morgan fingerprint density at radius 1 is 0.891 bits per heavy atom. The summed E-state index contributed by atoms with van der Waals surface area (Å²) < 4.78 is 13.4. The number of likely N-dealkylation sites (tertiary alicyclic amines) is 2. The van der Waals surface area contributed by atoms with Crippen molar-refractivity contribution in [3.63, 3.8) is 0 Å². The predicted molar refractivity (Wildman–Crippen MR) is 174 cm³/mol. The average Bonchev–Trinajstić information content (AvgIpc) is 3.89. The topological polar surface area (TPSA) is 84.3 Å². The number of benzene rings is 2. The van der Waals surface area contributed by atoms with Crippen molar-refractivity contribution in [3.8, 4) is 0 Å². The lowest BCUT2D eigenvalue weighted by Gasteiger charge is -2.40. The number of carbonyl (C=O) groups is 3. The zero-order chi connectivity index (χ0) is 31.7. The second-order valence-corrected chi connectivity index (χ2v) is 13.2. The van der Waals surface area contributed by atoms with E-state index in [1.807, 2.05) is 65.6 Å². The van der Waals surface area contributed by atoms with Crippen LogP contribution in [0.2, 0.25) is 0 Å². The van der Waals surface area contributed by atoms with Crippen LogP contribution in [-0.4, -0.2) is 102 Å². The molecule has 4 aliphatic rings. The number of amides is 2. The van der Waals surface area contributed by atoms with E-state index in [0.717, 1.165) is 88.6 Å². The van der Waals surface area contributed by atoms with Crippen molar-refractivity contribution >= 4 is 17.8 Å². The van der Waals surface area contributed by atoms with Gasteiger partial charge >= 0.3 is 5.97 Å². The smallest absolute Gasteiger partial charge is 0.332 e. The van der Waals surface area contributed by atoms with Crippen LogP contribution >= 0.6 is 0 Å². The number of hydrogen-bond donors (Lipinski definition) is 0. The molecule has 2 aromatic carbocycles. The number of nitrogens with zero attached hydrogens (tertiary/aromatic N) is 4. The highest BCUT2D eigenvalue weighted by molar-refractivity contribution is 6.00. The van der Waals surface area contributed by atoms with Gasteiger partial charge < -0.3 is 23.8 Å². The van der Waals surface area contributed by atoms with E-state index in [1.54, 1.807) is 4.90 Å². The molecule has 46 heavy (non-hydrogen) atoms. The summed E-state index contributed by atoms with van der Waals surface area (Å²) in [6.45, 7) is 7.05. The summed E-state index contributed by atoms with van der Waals surface area (Å²) in [5.74, 6) is -0.781. The first kappa shape index (κ1) is 30.7. The second kappa shape index (κ2) is 13.0. The first-order valence-electron chi connectivity index (χ1n) is 16.8. The zero-order valence-electron chi connectivity index (χ0n) is 26.7. The van der Waals surface area contributed by atoms with E-state index in [-0.39, 0.29) is 23.7 Å². The number of methoxy groups -OCH3 is 1. The molecule has 0 radical (unpaired) electrons. The van der Waals surface area contributed by atoms with E-state index < -0.39 is 11.5 Å². The Labute approximate surface area is 271 Å². The van der Waals surface area contributed by atoms with E-state index in [4.69, 9.17) is 9.47 Å². The van der Waals surface area contributed by atoms with Gasteiger partial charge in [-0.3, -0.25) is 14.5 Å². The number of aromatic nitrogens is 1. The van der Waals surface area contributed by atoms with E-state index in [2.05, 4.69) is 15.5 Å². The molecular formula is C37H44N4O5. The highest BCUT2D eigenvalue weighted by atomic mass is 16.5. The molecule has 4 heterocycles. The van der Waals surface area contributed by atoms with Crippen LogP contribution in [0.25, 0.3) is 0 Å². The molecule has 9 heteroatoms. The van der Waals surface area contributed by atoms with Crippen molar-refractivity contribution in [2.75, 3.05) is 59.6 Å². The minimum atomic E-state index is -1.26. The first-order chi connectivity index (χ1) is 22.5. The van der Waals surface area contributed by atoms with Crippen LogP contribution in [0, 0.1) is 5.92 Å². The van der Waals surface area contributed by atoms with Crippen molar-refractivity contribution in [1.82, 2.24) is 19.3 Å². The molecule has 1 aromatic heterocycles. The van der Waals surface area contributed by atoms with E-state index in [0.29, 0.717) is 30.6 Å². The van der Waals surface area contributed by atoms with Gasteiger partial charge in [-0.25, -0.2) is 4.79 Å². The Morgan fingerprint density at radius 2 is 1.59 bits per heavy atom. The third kappa shape index (κ3) is 5.43. The maximum atomic E-state index is 14.3. The van der Waals surface area contributed by atoms with Crippen LogP contribution < -0.4 is 0 Å². The van der Waals surface area contributed by atoms with Gasteiger partial charge in [-0.15, -0.1) is 0 Å². The molecule has 0 saturated carbocycles. The van der Waals surface area contributed by atoms with Gasteiger partial charge in [-0.2, -0.15) is 0 Å². The monoisotopic (exact) mass is 624 g/mol. The molecule has 3 fully saturated rings. The van der Waals surface area contributed by atoms with Crippen LogP contribution in [-0.2, 0) is 33.7 Å². The van der Waals surface area contributed by atoms with Gasteiger partial charge in [0.2, 0.25) is 0 Å². The maximum Gasteiger partial charge on any atom is 0.332 e. The molecule has 7 rings (SSSR count). The Bertz CT molecular complexity index is 1560. The molecule has 2 amide bonds. The molecule has 0 spiro atoms. The summed E-state index contributed by atoms with van der Waals surface area (Å²) in [7, 11) is 1.42. The lowest BCUT2D eigenvalue weighted by atomic mass is 9.75. The summed E-state index contributed by atoms with van der Waals surface area (Å²) in [5, 5.41) is 0. The summed E-state index contributed by atoms with van der Waals surface area (Å²) in [6.07, 6.45) is 4.00. The Kier molecular flexibility index (Phi) is 8.70. The number of fused-ring (bicyclic) bond motifs is 3. The third-order valence-corrected chi connectivity index (χ3v) is 10.6. The fourth-order valence-corrected chi connectivity index (χ4v) is 8.50. The Morgan fingerprint density at radius 3 is 2.28 bits per heavy atom. The van der Waals surface area contributed by atoms with E-state index in [9.17, 15) is 14.4 Å². The normalized spacial score (nSPS) is 24.2. The minimum absolute atomic E-state index is 0.0295. The molecule has 0 bridgehead atoms. The van der Waals surface area contributed by atoms with Gasteiger partial charge in [0.1, 0.15) is 5.69 Å². The van der Waals surface area contributed by atoms with Crippen molar-refractivity contribution in [3.05, 3.63) is 94.8 Å². The molecule has 3 aromatic rings. The van der Waals surface area contributed by atoms with Gasteiger partial charge in [-0.05, 0) is 60.9 Å². The second-order valence-electron chi connectivity index (χ2n) is 13.2. The standard InChI is InChI=1S/C37H44N4O5/c1-45-36(44)37(25-27-11-4-2-5-12-27)33-29(26-41(37)34(42)28-13-6-3-7-14-28)23-31-30(33)24-32(35(43)39-16-8-9-17-39)40(31)18-10-15-38-19-21-46-22-20-38/h2-7,11-14,24,29,33H,8-10,15-23,25-26H2,1H3/t29-,33+,37+/m0/s1. The number of morpholine rings is 1. The number of esters is 1. The van der Waals surface area contributed by atoms with Gasteiger partial charge in [0.25, 0.3) is 11.8 Å². The van der Waals surface area contributed by atoms with Gasteiger partial charge in [-0.1, -0.05) is 48.5 Å². The Hall–Kier alpha value is -3.95. The number of carbonyl (C=O) groups excluding carboxylic acids is 3. The van der Waals surface area contributed by atoms with Crippen LogP contribution in [0.1, 0.15) is 62.8 Å². The molecule has 3 aliphatic heterocycles. The average molecular weight is 625 g/mol. The van der Waals surface area contributed by atoms with Gasteiger partial charge in [0.05, 0.1) is 20.3 Å². The third-order valence-electron chi connectivity index (χ3n) is 10.6. The molecule has 3 saturated heterocycles. The molecule has 242 valence electrons. The van der Waals surface area contributed by atoms with E-state index >= 15 is 0 Å². The van der Waals surface area contributed by atoms with Crippen LogP contribution in [0.3, 0.4) is 0 Å². The van der Waals surface area contributed by atoms with Crippen LogP contribution in [0.5, 0.6) is 0 Å². The summed E-state index contributed by atoms with van der Waals surface area (Å²) in [5.41, 5.74) is 3.11. The van der Waals surface area contributed by atoms with Gasteiger partial charge in [0.15, 0.2) is 5.54 Å². The summed E-state index contributed by atoms with van der Waals surface area (Å²) in [4.78, 5) is 48.8. The lowest BCUT2D eigenvalue weighted by Crippen LogP contribution is -2.58. The fourth-order valence-electron chi connectivity index (χ4n) is 8.50. The largest absolute Gasteiger partial charge is 0.467 e. The maximum absolute atomic E-state index is 14.3. The summed E-state index contributed by atoms with van der Waals surface area (Å²) in [6, 6.07) is 21.2. The van der Waals surface area contributed by atoms with Crippen LogP contribution in [0.15, 0.2) is 66.7 Å². The predicted octanol–water partition coefficient (Wildman–Crippen LogP) is 4.01. The van der Waals surface area contributed by atoms with Crippen molar-refractivity contribution in [2.45, 2.75) is 50.1 Å². The van der Waals surface area contributed by atoms with Crippen molar-refractivity contribution in [2.24, 2.45) is 5.92 Å². The minimum Gasteiger partial charge on any atom is -0.467 e.